The minimum absolute atomic E-state index is 0.122. The first-order valence-corrected chi connectivity index (χ1v) is 5.50. The molecule has 0 aliphatic heterocycles. The summed E-state index contributed by atoms with van der Waals surface area (Å²) in [4.78, 5) is 23.4. The van der Waals surface area contributed by atoms with Gasteiger partial charge in [0, 0.05) is 5.56 Å². The number of hydrogen-bond acceptors (Lipinski definition) is 3. The molecule has 2 rings (SSSR count). The Hall–Kier alpha value is -1.94. The van der Waals surface area contributed by atoms with Gasteiger partial charge in [-0.05, 0) is 30.3 Å². The van der Waals surface area contributed by atoms with Gasteiger partial charge in [-0.15, -0.1) is 0 Å². The number of Topliss-reactive ketones (excluding diaryl/α,β-unsaturated/α-hetero) is 2. The molecule has 0 bridgehead atoms. The SMILES string of the molecule is O=C(CC(=O)c1ccco1)c1ccc(F)c(Cl)c1. The average molecular weight is 267 g/mol. The highest BCUT2D eigenvalue weighted by Crippen LogP contribution is 2.17. The van der Waals surface area contributed by atoms with Gasteiger partial charge in [-0.25, -0.2) is 4.39 Å². The number of ketones is 2. The largest absolute Gasteiger partial charge is 0.461 e. The van der Waals surface area contributed by atoms with Gasteiger partial charge < -0.3 is 4.42 Å². The molecule has 0 aliphatic rings. The van der Waals surface area contributed by atoms with E-state index in [0.29, 0.717) is 0 Å². The molecule has 5 heteroatoms. The van der Waals surface area contributed by atoms with Crippen molar-refractivity contribution in [1.82, 2.24) is 0 Å². The van der Waals surface area contributed by atoms with Crippen molar-refractivity contribution in [2.45, 2.75) is 6.42 Å². The van der Waals surface area contributed by atoms with Crippen LogP contribution in [0, 0.1) is 5.82 Å². The van der Waals surface area contributed by atoms with E-state index < -0.39 is 17.4 Å². The zero-order valence-electron chi connectivity index (χ0n) is 9.15. The van der Waals surface area contributed by atoms with E-state index in [1.165, 1.54) is 24.5 Å². The summed E-state index contributed by atoms with van der Waals surface area (Å²) >= 11 is 5.56. The number of rotatable bonds is 4. The van der Waals surface area contributed by atoms with Crippen LogP contribution in [0.5, 0.6) is 0 Å². The lowest BCUT2D eigenvalue weighted by Crippen LogP contribution is -2.08. The number of benzene rings is 1. The molecule has 0 N–H and O–H groups in total. The number of carbonyl (C=O) groups excluding carboxylic acids is 2. The molecule has 0 amide bonds. The van der Waals surface area contributed by atoms with Crippen molar-refractivity contribution in [3.63, 3.8) is 0 Å². The normalized spacial score (nSPS) is 10.3. The van der Waals surface area contributed by atoms with Crippen molar-refractivity contribution in [3.8, 4) is 0 Å². The molecule has 0 aliphatic carbocycles. The second-order valence-corrected chi connectivity index (χ2v) is 4.04. The first-order valence-electron chi connectivity index (χ1n) is 5.13. The molecule has 1 aromatic carbocycles. The molecule has 1 heterocycles. The van der Waals surface area contributed by atoms with E-state index in [-0.39, 0.29) is 22.8 Å². The van der Waals surface area contributed by atoms with Gasteiger partial charge in [-0.3, -0.25) is 9.59 Å². The molecule has 0 spiro atoms. The van der Waals surface area contributed by atoms with Gasteiger partial charge in [0.1, 0.15) is 5.82 Å². The van der Waals surface area contributed by atoms with Gasteiger partial charge in [0.05, 0.1) is 17.7 Å². The zero-order valence-corrected chi connectivity index (χ0v) is 9.91. The van der Waals surface area contributed by atoms with Crippen LogP contribution in [0.2, 0.25) is 5.02 Å². The first kappa shape index (κ1) is 12.5. The van der Waals surface area contributed by atoms with Gasteiger partial charge in [0.2, 0.25) is 5.78 Å². The molecular weight excluding hydrogens is 259 g/mol. The Bertz CT molecular complexity index is 590. The smallest absolute Gasteiger partial charge is 0.205 e. The van der Waals surface area contributed by atoms with E-state index in [1.807, 2.05) is 0 Å². The fraction of sp³-hybridized carbons (Fsp3) is 0.0769. The molecule has 0 radical (unpaired) electrons. The van der Waals surface area contributed by atoms with Gasteiger partial charge in [-0.2, -0.15) is 0 Å². The molecular formula is C13H8ClFO3. The van der Waals surface area contributed by atoms with Gasteiger partial charge in [0.25, 0.3) is 0 Å². The van der Waals surface area contributed by atoms with Crippen molar-refractivity contribution >= 4 is 23.2 Å². The maximum Gasteiger partial charge on any atom is 0.205 e. The van der Waals surface area contributed by atoms with E-state index in [1.54, 1.807) is 6.07 Å². The molecule has 0 saturated heterocycles. The number of halogens is 2. The molecule has 3 nitrogen and oxygen atoms in total. The fourth-order valence-corrected chi connectivity index (χ4v) is 1.62. The zero-order chi connectivity index (χ0) is 13.1. The van der Waals surface area contributed by atoms with Crippen LogP contribution in [0.4, 0.5) is 4.39 Å². The number of carbonyl (C=O) groups is 2. The van der Waals surface area contributed by atoms with Crippen LogP contribution >= 0.6 is 11.6 Å². The molecule has 0 saturated carbocycles. The molecule has 92 valence electrons. The van der Waals surface area contributed by atoms with E-state index >= 15 is 0 Å². The highest BCUT2D eigenvalue weighted by molar-refractivity contribution is 6.31. The Labute approximate surface area is 107 Å². The Morgan fingerprint density at radius 1 is 1.22 bits per heavy atom. The second kappa shape index (κ2) is 5.14. The summed E-state index contributed by atoms with van der Waals surface area (Å²) in [6.45, 7) is 0. The second-order valence-electron chi connectivity index (χ2n) is 3.63. The molecule has 18 heavy (non-hydrogen) atoms. The summed E-state index contributed by atoms with van der Waals surface area (Å²) in [5, 5.41) is -0.147. The Balaban J connectivity index is 2.12. The van der Waals surface area contributed by atoms with Crippen molar-refractivity contribution in [3.05, 3.63) is 58.8 Å². The number of hydrogen-bond donors (Lipinski definition) is 0. The van der Waals surface area contributed by atoms with Crippen molar-refractivity contribution in [2.75, 3.05) is 0 Å². The number of furan rings is 1. The minimum atomic E-state index is -0.606. The quantitative estimate of drug-likeness (QED) is 0.628. The van der Waals surface area contributed by atoms with E-state index in [9.17, 15) is 14.0 Å². The molecule has 0 unspecified atom stereocenters. The van der Waals surface area contributed by atoms with Crippen LogP contribution in [-0.2, 0) is 0 Å². The Morgan fingerprint density at radius 2 is 2.00 bits per heavy atom. The van der Waals surface area contributed by atoms with Crippen molar-refractivity contribution in [1.29, 1.82) is 0 Å². The van der Waals surface area contributed by atoms with Crippen LogP contribution < -0.4 is 0 Å². The summed E-state index contributed by atoms with van der Waals surface area (Å²) in [5.74, 6) is -1.34. The Morgan fingerprint density at radius 3 is 2.61 bits per heavy atom. The summed E-state index contributed by atoms with van der Waals surface area (Å²) in [6.07, 6.45) is 1.02. The molecule has 0 atom stereocenters. The third-order valence-corrected chi connectivity index (χ3v) is 2.65. The molecule has 0 fully saturated rings. The van der Waals surface area contributed by atoms with E-state index in [0.717, 1.165) is 6.07 Å². The first-order chi connectivity index (χ1) is 8.58. The summed E-state index contributed by atoms with van der Waals surface area (Å²) in [7, 11) is 0. The monoisotopic (exact) mass is 266 g/mol. The predicted molar refractivity (Wildman–Crippen MR) is 63.4 cm³/mol. The fourth-order valence-electron chi connectivity index (χ4n) is 1.44. The standard InChI is InChI=1S/C13H8ClFO3/c14-9-6-8(3-4-10(9)15)11(16)7-12(17)13-2-1-5-18-13/h1-6H,7H2. The summed E-state index contributed by atoms with van der Waals surface area (Å²) in [5.41, 5.74) is 0.196. The Kier molecular flexibility index (Phi) is 3.58. The third-order valence-electron chi connectivity index (χ3n) is 2.36. The lowest BCUT2D eigenvalue weighted by Gasteiger charge is -2.01. The maximum absolute atomic E-state index is 12.9. The highest BCUT2D eigenvalue weighted by Gasteiger charge is 2.16. The van der Waals surface area contributed by atoms with Gasteiger partial charge in [-0.1, -0.05) is 11.6 Å². The lowest BCUT2D eigenvalue weighted by atomic mass is 10.1. The average Bonchev–Trinajstić information content (AvgIpc) is 2.86. The molecule has 1 aromatic heterocycles. The molecule has 2 aromatic rings. The summed E-state index contributed by atoms with van der Waals surface area (Å²) < 4.78 is 17.8. The van der Waals surface area contributed by atoms with Crippen LogP contribution in [0.1, 0.15) is 27.3 Å². The van der Waals surface area contributed by atoms with Crippen molar-refractivity contribution < 1.29 is 18.4 Å². The van der Waals surface area contributed by atoms with Gasteiger partial charge in [0.15, 0.2) is 11.5 Å². The van der Waals surface area contributed by atoms with Crippen LogP contribution in [0.3, 0.4) is 0 Å². The van der Waals surface area contributed by atoms with E-state index in [4.69, 9.17) is 16.0 Å². The maximum atomic E-state index is 12.9. The summed E-state index contributed by atoms with van der Waals surface area (Å²) in [6, 6.07) is 6.63. The lowest BCUT2D eigenvalue weighted by molar-refractivity contribution is 0.0878. The van der Waals surface area contributed by atoms with Crippen LogP contribution in [0.25, 0.3) is 0 Å². The predicted octanol–water partition coefficient (Wildman–Crippen LogP) is 3.53. The highest BCUT2D eigenvalue weighted by atomic mass is 35.5. The van der Waals surface area contributed by atoms with Gasteiger partial charge >= 0.3 is 0 Å². The minimum Gasteiger partial charge on any atom is -0.461 e. The van der Waals surface area contributed by atoms with E-state index in [2.05, 4.69) is 0 Å². The third kappa shape index (κ3) is 2.65. The van der Waals surface area contributed by atoms with Crippen LogP contribution in [0.15, 0.2) is 41.0 Å². The van der Waals surface area contributed by atoms with Crippen molar-refractivity contribution in [2.24, 2.45) is 0 Å². The van der Waals surface area contributed by atoms with Crippen LogP contribution in [-0.4, -0.2) is 11.6 Å². The topological polar surface area (TPSA) is 47.3 Å².